The molecule has 2 aromatic carbocycles. The minimum Gasteiger partial charge on any atom is -0.493 e. The molecule has 0 aliphatic carbocycles. The summed E-state index contributed by atoms with van der Waals surface area (Å²) in [5.74, 6) is -0.427. The molecule has 0 spiro atoms. The van der Waals surface area contributed by atoms with Crippen molar-refractivity contribution in [3.8, 4) is 11.5 Å². The van der Waals surface area contributed by atoms with Gasteiger partial charge in [0.05, 0.1) is 31.9 Å². The molecule has 2 aliphatic rings. The van der Waals surface area contributed by atoms with E-state index in [1.165, 1.54) is 26.0 Å². The maximum atomic E-state index is 13.7. The number of hydrogen-bond acceptors (Lipinski definition) is 7. The van der Waals surface area contributed by atoms with Gasteiger partial charge in [-0.25, -0.2) is 4.79 Å². The van der Waals surface area contributed by atoms with Crippen LogP contribution in [0.15, 0.2) is 53.9 Å². The molecular weight excluding hydrogens is 486 g/mol. The Bertz CT molecular complexity index is 1480. The smallest absolute Gasteiger partial charge is 0.343 e. The highest BCUT2D eigenvalue weighted by Crippen LogP contribution is 2.47. The van der Waals surface area contributed by atoms with Crippen molar-refractivity contribution in [3.05, 3.63) is 65.0 Å². The first-order valence-electron chi connectivity index (χ1n) is 12.5. The van der Waals surface area contributed by atoms with Crippen LogP contribution in [0.1, 0.15) is 37.8 Å². The predicted molar refractivity (Wildman–Crippen MR) is 142 cm³/mol. The maximum Gasteiger partial charge on any atom is 0.343 e. The Morgan fingerprint density at radius 1 is 1.13 bits per heavy atom. The zero-order valence-electron chi connectivity index (χ0n) is 22.2. The molecular formula is C29H31N3O6. The van der Waals surface area contributed by atoms with E-state index in [0.717, 1.165) is 34.3 Å². The Labute approximate surface area is 220 Å². The molecule has 1 atom stereocenters. The van der Waals surface area contributed by atoms with Gasteiger partial charge < -0.3 is 24.1 Å². The second kappa shape index (κ2) is 9.89. The first-order valence-corrected chi connectivity index (χ1v) is 12.5. The third-order valence-corrected chi connectivity index (χ3v) is 6.97. The van der Waals surface area contributed by atoms with E-state index in [0.29, 0.717) is 28.7 Å². The summed E-state index contributed by atoms with van der Waals surface area (Å²) in [4.78, 5) is 39.1. The Kier molecular flexibility index (Phi) is 6.60. The lowest BCUT2D eigenvalue weighted by Crippen LogP contribution is -2.33. The normalized spacial score (nSPS) is 16.4. The third-order valence-electron chi connectivity index (χ3n) is 6.97. The van der Waals surface area contributed by atoms with E-state index in [1.54, 1.807) is 12.1 Å². The van der Waals surface area contributed by atoms with Crippen molar-refractivity contribution in [2.75, 3.05) is 32.7 Å². The van der Waals surface area contributed by atoms with Gasteiger partial charge in [0.2, 0.25) is 5.91 Å². The van der Waals surface area contributed by atoms with Crippen LogP contribution in [0.4, 0.5) is 5.69 Å². The fourth-order valence-corrected chi connectivity index (χ4v) is 5.35. The van der Waals surface area contributed by atoms with Crippen molar-refractivity contribution in [1.82, 2.24) is 9.47 Å². The molecule has 3 aromatic rings. The molecule has 2 amide bonds. The molecule has 0 bridgehead atoms. The quantitative estimate of drug-likeness (QED) is 0.472. The summed E-state index contributed by atoms with van der Waals surface area (Å²) in [7, 11) is 2.82. The van der Waals surface area contributed by atoms with E-state index in [1.807, 2.05) is 18.2 Å². The van der Waals surface area contributed by atoms with E-state index in [9.17, 15) is 14.4 Å². The SMILES string of the molecule is COC(=O)COc1cc([C@@H]2C3=C(CN(C(C)=O)C3=O)Nc3cccc4c3c2cn4CC(C)C)ccc1OC. The van der Waals surface area contributed by atoms with Crippen molar-refractivity contribution in [1.29, 1.82) is 0 Å². The summed E-state index contributed by atoms with van der Waals surface area (Å²) < 4.78 is 18.2. The van der Waals surface area contributed by atoms with E-state index in [4.69, 9.17) is 14.2 Å². The average molecular weight is 518 g/mol. The van der Waals surface area contributed by atoms with Crippen LogP contribution in [0, 0.1) is 5.92 Å². The van der Waals surface area contributed by atoms with Gasteiger partial charge in [0.15, 0.2) is 18.1 Å². The second-order valence-corrected chi connectivity index (χ2v) is 9.97. The van der Waals surface area contributed by atoms with Crippen LogP contribution in [-0.2, 0) is 25.7 Å². The summed E-state index contributed by atoms with van der Waals surface area (Å²) in [6, 6.07) is 11.5. The molecule has 3 heterocycles. The molecule has 0 radical (unpaired) electrons. The monoisotopic (exact) mass is 517 g/mol. The highest BCUT2D eigenvalue weighted by molar-refractivity contribution is 6.11. The molecule has 0 saturated heterocycles. The van der Waals surface area contributed by atoms with Crippen LogP contribution in [0.25, 0.3) is 10.9 Å². The number of carbonyl (C=O) groups is 3. The number of benzene rings is 2. The number of carbonyl (C=O) groups excluding carboxylic acids is 3. The molecule has 9 heteroatoms. The number of ether oxygens (including phenoxy) is 3. The number of anilines is 1. The molecule has 5 rings (SSSR count). The van der Waals surface area contributed by atoms with Crippen LogP contribution in [0.5, 0.6) is 11.5 Å². The number of rotatable bonds is 7. The van der Waals surface area contributed by atoms with E-state index in [-0.39, 0.29) is 25.0 Å². The lowest BCUT2D eigenvalue weighted by atomic mass is 9.84. The molecule has 198 valence electrons. The number of methoxy groups -OCH3 is 2. The number of hydrogen-bond donors (Lipinski definition) is 1. The van der Waals surface area contributed by atoms with Crippen LogP contribution < -0.4 is 14.8 Å². The Balaban J connectivity index is 1.73. The lowest BCUT2D eigenvalue weighted by molar-refractivity contribution is -0.143. The number of imide groups is 1. The highest BCUT2D eigenvalue weighted by atomic mass is 16.6. The number of esters is 1. The zero-order chi connectivity index (χ0) is 27.1. The first kappa shape index (κ1) is 25.4. The lowest BCUT2D eigenvalue weighted by Gasteiger charge is -2.21. The minimum absolute atomic E-state index is 0.175. The number of nitrogens with one attached hydrogen (secondary N) is 1. The van der Waals surface area contributed by atoms with E-state index in [2.05, 4.69) is 36.0 Å². The van der Waals surface area contributed by atoms with Gasteiger partial charge in [-0.05, 0) is 41.3 Å². The molecule has 0 unspecified atom stereocenters. The Morgan fingerprint density at radius 2 is 1.92 bits per heavy atom. The van der Waals surface area contributed by atoms with Gasteiger partial charge in [-0.1, -0.05) is 26.0 Å². The van der Waals surface area contributed by atoms with Crippen LogP contribution in [0.2, 0.25) is 0 Å². The highest BCUT2D eigenvalue weighted by Gasteiger charge is 2.42. The van der Waals surface area contributed by atoms with Gasteiger partial charge in [-0.3, -0.25) is 14.5 Å². The first-order chi connectivity index (χ1) is 18.2. The molecule has 9 nitrogen and oxygen atoms in total. The van der Waals surface area contributed by atoms with Gasteiger partial charge >= 0.3 is 5.97 Å². The Hall–Kier alpha value is -4.27. The van der Waals surface area contributed by atoms with Crippen molar-refractivity contribution in [3.63, 3.8) is 0 Å². The van der Waals surface area contributed by atoms with Gasteiger partial charge in [0.25, 0.3) is 5.91 Å². The molecule has 0 fully saturated rings. The van der Waals surface area contributed by atoms with Crippen molar-refractivity contribution >= 4 is 34.4 Å². The summed E-state index contributed by atoms with van der Waals surface area (Å²) in [5.41, 5.74) is 4.90. The molecule has 38 heavy (non-hydrogen) atoms. The van der Waals surface area contributed by atoms with Crippen LogP contribution in [0.3, 0.4) is 0 Å². The number of aromatic nitrogens is 1. The second-order valence-electron chi connectivity index (χ2n) is 9.97. The molecule has 1 aromatic heterocycles. The predicted octanol–water partition coefficient (Wildman–Crippen LogP) is 4.06. The van der Waals surface area contributed by atoms with E-state index < -0.39 is 11.9 Å². The number of amides is 2. The van der Waals surface area contributed by atoms with E-state index >= 15 is 0 Å². The van der Waals surface area contributed by atoms with Crippen LogP contribution >= 0.6 is 0 Å². The van der Waals surface area contributed by atoms with Gasteiger partial charge in [-0.2, -0.15) is 0 Å². The topological polar surface area (TPSA) is 99.1 Å². The summed E-state index contributed by atoms with van der Waals surface area (Å²) in [6.45, 7) is 6.42. The van der Waals surface area contributed by atoms with Gasteiger partial charge in [-0.15, -0.1) is 0 Å². The largest absolute Gasteiger partial charge is 0.493 e. The van der Waals surface area contributed by atoms with Gasteiger partial charge in [0, 0.05) is 42.4 Å². The Morgan fingerprint density at radius 3 is 2.61 bits per heavy atom. The molecule has 2 aliphatic heterocycles. The summed E-state index contributed by atoms with van der Waals surface area (Å²) in [5, 5.41) is 4.52. The fraction of sp³-hybridized carbons (Fsp3) is 0.345. The average Bonchev–Trinajstić information content (AvgIpc) is 3.36. The summed E-state index contributed by atoms with van der Waals surface area (Å²) >= 11 is 0. The molecule has 0 saturated carbocycles. The number of nitrogens with zero attached hydrogens (tertiary/aromatic N) is 2. The van der Waals surface area contributed by atoms with Crippen LogP contribution in [-0.4, -0.2) is 54.6 Å². The van der Waals surface area contributed by atoms with Crippen molar-refractivity contribution in [2.45, 2.75) is 33.2 Å². The fourth-order valence-electron chi connectivity index (χ4n) is 5.35. The van der Waals surface area contributed by atoms with Crippen molar-refractivity contribution in [2.24, 2.45) is 5.92 Å². The zero-order valence-corrected chi connectivity index (χ0v) is 22.2. The maximum absolute atomic E-state index is 13.7. The van der Waals surface area contributed by atoms with Crippen molar-refractivity contribution < 1.29 is 28.6 Å². The van der Waals surface area contributed by atoms with Gasteiger partial charge in [0.1, 0.15) is 0 Å². The molecule has 1 N–H and O–H groups in total. The third kappa shape index (κ3) is 4.27. The minimum atomic E-state index is -0.523. The summed E-state index contributed by atoms with van der Waals surface area (Å²) in [6.07, 6.45) is 2.11. The standard InChI is InChI=1S/C29H31N3O6/c1-16(2)12-31-13-19-26(18-9-10-23(36-4)24(11-18)38-15-25(34)37-5)28-21(14-32(17(3)33)29(28)35)30-20-7-6-8-22(31)27(19)20/h6-11,13,16,26,30H,12,14-15H2,1-5H3/t26-/m0/s1.